The van der Waals surface area contributed by atoms with E-state index in [-0.39, 0.29) is 17.5 Å². The van der Waals surface area contributed by atoms with Gasteiger partial charge in [0.05, 0.1) is 11.3 Å². The van der Waals surface area contributed by atoms with Gasteiger partial charge in [0.1, 0.15) is 6.04 Å². The summed E-state index contributed by atoms with van der Waals surface area (Å²) in [6.07, 6.45) is 2.72. The van der Waals surface area contributed by atoms with Gasteiger partial charge < -0.3 is 15.3 Å². The first kappa shape index (κ1) is 13.4. The molecule has 5 heteroatoms. The number of hydrogen-bond donors (Lipinski definition) is 2. The van der Waals surface area contributed by atoms with Gasteiger partial charge in [0.2, 0.25) is 5.91 Å². The molecule has 1 amide bonds. The molecule has 1 aliphatic heterocycles. The molecule has 0 radical (unpaired) electrons. The number of rotatable bonds is 3. The number of benzene rings is 1. The molecule has 2 rings (SSSR count). The van der Waals surface area contributed by atoms with Crippen molar-refractivity contribution in [1.29, 1.82) is 0 Å². The van der Waals surface area contributed by atoms with Crippen LogP contribution in [0, 0.1) is 0 Å². The summed E-state index contributed by atoms with van der Waals surface area (Å²) in [7, 11) is 1.61. The van der Waals surface area contributed by atoms with Crippen molar-refractivity contribution < 1.29 is 14.7 Å². The van der Waals surface area contributed by atoms with Gasteiger partial charge in [-0.2, -0.15) is 0 Å². The second-order valence-electron chi connectivity index (χ2n) is 4.64. The second kappa shape index (κ2) is 5.73. The first-order chi connectivity index (χ1) is 9.15. The van der Waals surface area contributed by atoms with Crippen LogP contribution in [0.15, 0.2) is 24.3 Å². The van der Waals surface area contributed by atoms with Gasteiger partial charge in [-0.25, -0.2) is 4.79 Å². The summed E-state index contributed by atoms with van der Waals surface area (Å²) in [6.45, 7) is 0.711. The van der Waals surface area contributed by atoms with Gasteiger partial charge >= 0.3 is 5.97 Å². The normalized spacial score (nSPS) is 19.0. The standard InChI is InChI=1S/C14H18N2O3/c1-15-13(17)12-8-4-5-9-16(12)11-7-3-2-6-10(11)14(18)19/h2-3,6-7,12H,4-5,8-9H2,1H3,(H,15,17)(H,18,19). The number of para-hydroxylation sites is 1. The highest BCUT2D eigenvalue weighted by molar-refractivity contribution is 5.96. The lowest BCUT2D eigenvalue weighted by atomic mass is 9.99. The van der Waals surface area contributed by atoms with Crippen molar-refractivity contribution in [1.82, 2.24) is 5.32 Å². The SMILES string of the molecule is CNC(=O)C1CCCCN1c1ccccc1C(=O)O. The fourth-order valence-electron chi connectivity index (χ4n) is 2.56. The zero-order valence-corrected chi connectivity index (χ0v) is 10.9. The van der Waals surface area contributed by atoms with Crippen LogP contribution in [0.2, 0.25) is 0 Å². The van der Waals surface area contributed by atoms with Crippen LogP contribution in [-0.2, 0) is 4.79 Å². The van der Waals surface area contributed by atoms with Gasteiger partial charge in [-0.3, -0.25) is 4.79 Å². The highest BCUT2D eigenvalue weighted by Gasteiger charge is 2.30. The summed E-state index contributed by atoms with van der Waals surface area (Å²) in [6, 6.07) is 6.57. The molecule has 0 bridgehead atoms. The summed E-state index contributed by atoms with van der Waals surface area (Å²) in [4.78, 5) is 25.1. The Labute approximate surface area is 112 Å². The van der Waals surface area contributed by atoms with E-state index in [1.807, 2.05) is 4.90 Å². The van der Waals surface area contributed by atoms with Crippen LogP contribution in [-0.4, -0.2) is 36.6 Å². The Morgan fingerprint density at radius 1 is 1.32 bits per heavy atom. The number of amides is 1. The number of hydrogen-bond acceptors (Lipinski definition) is 3. The molecule has 102 valence electrons. The largest absolute Gasteiger partial charge is 0.478 e. The van der Waals surface area contributed by atoms with Gasteiger partial charge in [0.15, 0.2) is 0 Å². The fraction of sp³-hybridized carbons (Fsp3) is 0.429. The van der Waals surface area contributed by atoms with Crippen LogP contribution in [0.1, 0.15) is 29.6 Å². The van der Waals surface area contributed by atoms with Crippen LogP contribution in [0.4, 0.5) is 5.69 Å². The van der Waals surface area contributed by atoms with Gasteiger partial charge in [-0.1, -0.05) is 12.1 Å². The Hall–Kier alpha value is -2.04. The summed E-state index contributed by atoms with van der Waals surface area (Å²) in [5, 5.41) is 11.9. The number of carboxylic acids is 1. The van der Waals surface area contributed by atoms with Gasteiger partial charge in [0, 0.05) is 13.6 Å². The van der Waals surface area contributed by atoms with Crippen LogP contribution in [0.5, 0.6) is 0 Å². The summed E-state index contributed by atoms with van der Waals surface area (Å²) in [5.41, 5.74) is 0.876. The molecule has 1 heterocycles. The van der Waals surface area contributed by atoms with Gasteiger partial charge in [-0.15, -0.1) is 0 Å². The Morgan fingerprint density at radius 3 is 2.74 bits per heavy atom. The molecule has 1 unspecified atom stereocenters. The van der Waals surface area contributed by atoms with E-state index in [1.54, 1.807) is 31.3 Å². The lowest BCUT2D eigenvalue weighted by Crippen LogP contribution is -2.49. The van der Waals surface area contributed by atoms with Gasteiger partial charge in [-0.05, 0) is 31.4 Å². The van der Waals surface area contributed by atoms with E-state index in [0.29, 0.717) is 12.2 Å². The summed E-state index contributed by atoms with van der Waals surface area (Å²) in [5.74, 6) is -1.02. The molecule has 2 N–H and O–H groups in total. The molecule has 5 nitrogen and oxygen atoms in total. The average molecular weight is 262 g/mol. The van der Waals surface area contributed by atoms with Crippen molar-refractivity contribution in [3.63, 3.8) is 0 Å². The van der Waals surface area contributed by atoms with Crippen molar-refractivity contribution in [2.75, 3.05) is 18.5 Å². The number of likely N-dealkylation sites (N-methyl/N-ethyl adjacent to an activating group) is 1. The maximum absolute atomic E-state index is 11.9. The molecule has 1 fully saturated rings. The number of nitrogens with zero attached hydrogens (tertiary/aromatic N) is 1. The predicted molar refractivity (Wildman–Crippen MR) is 72.5 cm³/mol. The van der Waals surface area contributed by atoms with E-state index in [2.05, 4.69) is 5.32 Å². The van der Waals surface area contributed by atoms with Crippen LogP contribution >= 0.6 is 0 Å². The third-order valence-corrected chi connectivity index (χ3v) is 3.50. The zero-order chi connectivity index (χ0) is 13.8. The zero-order valence-electron chi connectivity index (χ0n) is 10.9. The molecule has 1 atom stereocenters. The molecule has 1 aromatic rings. The average Bonchev–Trinajstić information content (AvgIpc) is 2.46. The maximum Gasteiger partial charge on any atom is 0.337 e. The minimum Gasteiger partial charge on any atom is -0.478 e. The van der Waals surface area contributed by atoms with Crippen LogP contribution in [0.3, 0.4) is 0 Å². The molecule has 1 aliphatic rings. The second-order valence-corrected chi connectivity index (χ2v) is 4.64. The van der Waals surface area contributed by atoms with Crippen molar-refractivity contribution in [2.24, 2.45) is 0 Å². The van der Waals surface area contributed by atoms with E-state index in [9.17, 15) is 14.7 Å². The number of aromatic carboxylic acids is 1. The Kier molecular flexibility index (Phi) is 4.04. The van der Waals surface area contributed by atoms with E-state index in [0.717, 1.165) is 19.3 Å². The minimum absolute atomic E-state index is 0.0557. The highest BCUT2D eigenvalue weighted by atomic mass is 16.4. The molecule has 0 aromatic heterocycles. The number of anilines is 1. The highest BCUT2D eigenvalue weighted by Crippen LogP contribution is 2.28. The van der Waals surface area contributed by atoms with E-state index < -0.39 is 5.97 Å². The predicted octanol–water partition coefficient (Wildman–Crippen LogP) is 1.49. The number of carbonyl (C=O) groups excluding carboxylic acids is 1. The van der Waals surface area contributed by atoms with Crippen molar-refractivity contribution in [2.45, 2.75) is 25.3 Å². The van der Waals surface area contributed by atoms with Gasteiger partial charge in [0.25, 0.3) is 0 Å². The number of carbonyl (C=O) groups is 2. The first-order valence-corrected chi connectivity index (χ1v) is 6.45. The number of piperidine rings is 1. The topological polar surface area (TPSA) is 69.6 Å². The quantitative estimate of drug-likeness (QED) is 0.866. The van der Waals surface area contributed by atoms with Crippen molar-refractivity contribution >= 4 is 17.6 Å². The maximum atomic E-state index is 11.9. The first-order valence-electron chi connectivity index (χ1n) is 6.45. The van der Waals surface area contributed by atoms with E-state index in [1.165, 1.54) is 0 Å². The Bertz CT molecular complexity index is 487. The third kappa shape index (κ3) is 2.70. The molecule has 19 heavy (non-hydrogen) atoms. The lowest BCUT2D eigenvalue weighted by molar-refractivity contribution is -0.122. The van der Waals surface area contributed by atoms with Crippen LogP contribution in [0.25, 0.3) is 0 Å². The monoisotopic (exact) mass is 262 g/mol. The molecule has 1 saturated heterocycles. The molecule has 1 aromatic carbocycles. The minimum atomic E-state index is -0.961. The smallest absolute Gasteiger partial charge is 0.337 e. The molecule has 0 saturated carbocycles. The molecule has 0 spiro atoms. The van der Waals surface area contributed by atoms with Crippen LogP contribution < -0.4 is 10.2 Å². The van der Waals surface area contributed by atoms with E-state index in [4.69, 9.17) is 0 Å². The lowest BCUT2D eigenvalue weighted by Gasteiger charge is -2.36. The molecular weight excluding hydrogens is 244 g/mol. The Morgan fingerprint density at radius 2 is 2.05 bits per heavy atom. The van der Waals surface area contributed by atoms with E-state index >= 15 is 0 Å². The number of nitrogens with one attached hydrogen (secondary N) is 1. The molecule has 0 aliphatic carbocycles. The Balaban J connectivity index is 2.37. The van der Waals surface area contributed by atoms with Crippen molar-refractivity contribution in [3.8, 4) is 0 Å². The van der Waals surface area contributed by atoms with Crippen molar-refractivity contribution in [3.05, 3.63) is 29.8 Å². The molecular formula is C14H18N2O3. The third-order valence-electron chi connectivity index (χ3n) is 3.50. The number of carboxylic acid groups (broad SMARTS) is 1. The summed E-state index contributed by atoms with van der Waals surface area (Å²) < 4.78 is 0. The fourth-order valence-corrected chi connectivity index (χ4v) is 2.56. The summed E-state index contributed by atoms with van der Waals surface area (Å²) >= 11 is 0.